The lowest BCUT2D eigenvalue weighted by atomic mass is 10.2. The van der Waals surface area contributed by atoms with Gasteiger partial charge in [-0.3, -0.25) is 0 Å². The van der Waals surface area contributed by atoms with Crippen molar-refractivity contribution in [3.05, 3.63) is 69.8 Å². The third kappa shape index (κ3) is 3.41. The molecule has 1 N–H and O–H groups in total. The molecule has 9 heteroatoms. The Kier molecular flexibility index (Phi) is 4.94. The Bertz CT molecular complexity index is 1050. The van der Waals surface area contributed by atoms with Crippen LogP contribution in [0.3, 0.4) is 0 Å². The van der Waals surface area contributed by atoms with Gasteiger partial charge < -0.3 is 4.98 Å². The molecule has 1 heterocycles. The number of aromatic nitrogens is 1. The summed E-state index contributed by atoms with van der Waals surface area (Å²) in [6.45, 7) is 0. The van der Waals surface area contributed by atoms with E-state index in [1.54, 1.807) is 6.07 Å². The Balaban J connectivity index is 2.33. The summed E-state index contributed by atoms with van der Waals surface area (Å²) in [6, 6.07) is 13.1. The van der Waals surface area contributed by atoms with Gasteiger partial charge in [0.1, 0.15) is 10.6 Å². The number of rotatable bonds is 3. The van der Waals surface area contributed by atoms with E-state index in [-0.39, 0.29) is 16.2 Å². The molecule has 0 amide bonds. The van der Waals surface area contributed by atoms with Gasteiger partial charge in [-0.15, -0.1) is 0 Å². The zero-order chi connectivity index (χ0) is 19.1. The van der Waals surface area contributed by atoms with Crippen molar-refractivity contribution in [3.63, 3.8) is 0 Å². The zero-order valence-corrected chi connectivity index (χ0v) is 16.0. The molecule has 0 saturated heterocycles. The number of alkyl halides is 3. The molecule has 1 aromatic heterocycles. The molecule has 0 aliphatic carbocycles. The fourth-order valence-corrected chi connectivity index (χ4v) is 5.26. The third-order valence-corrected chi connectivity index (χ3v) is 6.78. The summed E-state index contributed by atoms with van der Waals surface area (Å²) in [4.78, 5) is 1.63. The molecule has 0 aliphatic rings. The predicted octanol–water partition coefficient (Wildman–Crippen LogP) is 5.95. The van der Waals surface area contributed by atoms with Gasteiger partial charge in [0.05, 0.1) is 15.1 Å². The minimum absolute atomic E-state index is 0.108. The molecule has 0 fully saturated rings. The van der Waals surface area contributed by atoms with Crippen LogP contribution in [0.5, 0.6) is 0 Å². The van der Waals surface area contributed by atoms with E-state index in [1.165, 1.54) is 48.5 Å². The smallest absolute Gasteiger partial charge is 0.349 e. The fraction of sp³-hybridized carbons (Fsp3) is 0.0588. The van der Waals surface area contributed by atoms with Crippen molar-refractivity contribution >= 4 is 37.4 Å². The summed E-state index contributed by atoms with van der Waals surface area (Å²) in [6.07, 6.45) is -4.76. The lowest BCUT2D eigenvalue weighted by molar-refractivity contribution is -0.141. The quantitative estimate of drug-likeness (QED) is 0.521. The lowest BCUT2D eigenvalue weighted by Crippen LogP contribution is -2.07. The Morgan fingerprint density at radius 2 is 1.54 bits per heavy atom. The molecule has 2 aromatic carbocycles. The van der Waals surface area contributed by atoms with Crippen LogP contribution in [0.15, 0.2) is 68.9 Å². The Labute approximate surface area is 160 Å². The molecule has 0 atom stereocenters. The van der Waals surface area contributed by atoms with E-state index in [4.69, 9.17) is 11.6 Å². The van der Waals surface area contributed by atoms with Crippen LogP contribution >= 0.6 is 27.5 Å². The van der Waals surface area contributed by atoms with E-state index in [0.717, 1.165) is 0 Å². The molecule has 0 aliphatic heterocycles. The third-order valence-electron chi connectivity index (χ3n) is 3.63. The lowest BCUT2D eigenvalue weighted by Gasteiger charge is -2.08. The van der Waals surface area contributed by atoms with Crippen LogP contribution in [-0.2, 0) is 16.0 Å². The number of H-pyrrole nitrogens is 1. The average Bonchev–Trinajstić information content (AvgIpc) is 2.94. The van der Waals surface area contributed by atoms with Crippen molar-refractivity contribution in [2.24, 2.45) is 0 Å². The highest BCUT2D eigenvalue weighted by atomic mass is 79.9. The van der Waals surface area contributed by atoms with E-state index in [9.17, 15) is 21.6 Å². The van der Waals surface area contributed by atoms with Crippen LogP contribution < -0.4 is 0 Å². The summed E-state index contributed by atoms with van der Waals surface area (Å²) >= 11 is 8.64. The molecule has 3 nitrogen and oxygen atoms in total. The number of aromatic amines is 1. The molecule has 3 aromatic rings. The van der Waals surface area contributed by atoms with Gasteiger partial charge in [-0.1, -0.05) is 41.9 Å². The van der Waals surface area contributed by atoms with Crippen molar-refractivity contribution in [1.29, 1.82) is 0 Å². The molecule has 0 radical (unpaired) electrons. The highest BCUT2D eigenvalue weighted by Gasteiger charge is 2.40. The summed E-state index contributed by atoms with van der Waals surface area (Å²) in [7, 11) is -4.21. The van der Waals surface area contributed by atoms with E-state index < -0.39 is 31.1 Å². The van der Waals surface area contributed by atoms with Gasteiger partial charge in [0.25, 0.3) is 0 Å². The number of sulfone groups is 1. The van der Waals surface area contributed by atoms with Crippen molar-refractivity contribution in [2.45, 2.75) is 16.0 Å². The van der Waals surface area contributed by atoms with Crippen LogP contribution in [0, 0.1) is 0 Å². The summed E-state index contributed by atoms with van der Waals surface area (Å²) < 4.78 is 65.5. The molecular formula is C17H10BrClF3NO2S. The molecular weight excluding hydrogens is 455 g/mol. The SMILES string of the molecule is O=S(=O)(c1ccccc1)c1c(-c2ccc(Cl)cc2)[nH]c(C(F)(F)F)c1Br. The van der Waals surface area contributed by atoms with E-state index in [0.29, 0.717) is 5.02 Å². The van der Waals surface area contributed by atoms with Gasteiger partial charge in [-0.25, -0.2) is 8.42 Å². The largest absolute Gasteiger partial charge is 0.432 e. The minimum Gasteiger partial charge on any atom is -0.349 e. The van der Waals surface area contributed by atoms with Gasteiger partial charge in [-0.2, -0.15) is 13.2 Å². The van der Waals surface area contributed by atoms with E-state index >= 15 is 0 Å². The molecule has 3 rings (SSSR count). The van der Waals surface area contributed by atoms with Crippen LogP contribution in [0.25, 0.3) is 11.3 Å². The number of benzene rings is 2. The fourth-order valence-electron chi connectivity index (χ4n) is 2.44. The maximum atomic E-state index is 13.3. The first-order valence-electron chi connectivity index (χ1n) is 7.17. The second-order valence-electron chi connectivity index (χ2n) is 5.34. The van der Waals surface area contributed by atoms with Gasteiger partial charge in [-0.05, 0) is 45.8 Å². The number of hydrogen-bond donors (Lipinski definition) is 1. The van der Waals surface area contributed by atoms with Gasteiger partial charge >= 0.3 is 6.18 Å². The first-order chi connectivity index (χ1) is 12.1. The number of halogens is 5. The van der Waals surface area contributed by atoms with Crippen LogP contribution in [0.1, 0.15) is 5.69 Å². The summed E-state index contributed by atoms with van der Waals surface area (Å²) in [5.41, 5.74) is -1.07. The average molecular weight is 465 g/mol. The van der Waals surface area contributed by atoms with Crippen LogP contribution in [0.4, 0.5) is 13.2 Å². The van der Waals surface area contributed by atoms with Crippen molar-refractivity contribution < 1.29 is 21.6 Å². The minimum atomic E-state index is -4.76. The second-order valence-corrected chi connectivity index (χ2v) is 8.46. The maximum Gasteiger partial charge on any atom is 0.432 e. The Morgan fingerprint density at radius 1 is 0.962 bits per heavy atom. The summed E-state index contributed by atoms with van der Waals surface area (Å²) in [5.74, 6) is 0. The molecule has 136 valence electrons. The zero-order valence-electron chi connectivity index (χ0n) is 12.8. The van der Waals surface area contributed by atoms with Crippen LogP contribution in [0.2, 0.25) is 5.02 Å². The first kappa shape index (κ1) is 19.0. The van der Waals surface area contributed by atoms with Gasteiger partial charge in [0.2, 0.25) is 9.84 Å². The van der Waals surface area contributed by atoms with Crippen molar-refractivity contribution in [3.8, 4) is 11.3 Å². The second kappa shape index (κ2) is 6.75. The van der Waals surface area contributed by atoms with Crippen LogP contribution in [-0.4, -0.2) is 13.4 Å². The normalized spacial score (nSPS) is 12.3. The van der Waals surface area contributed by atoms with E-state index in [2.05, 4.69) is 20.9 Å². The standard InChI is InChI=1S/C17H10BrClF3NO2S/c18-13-15(26(24,25)12-4-2-1-3-5-12)14(23-16(13)17(20,21)22)10-6-8-11(19)9-7-10/h1-9,23H. The highest BCUT2D eigenvalue weighted by Crippen LogP contribution is 2.44. The number of hydrogen-bond acceptors (Lipinski definition) is 2. The van der Waals surface area contributed by atoms with Gasteiger partial charge in [0, 0.05) is 5.02 Å². The molecule has 0 spiro atoms. The Hall–Kier alpha value is -1.77. The molecule has 26 heavy (non-hydrogen) atoms. The topological polar surface area (TPSA) is 49.9 Å². The molecule has 0 bridgehead atoms. The Morgan fingerprint density at radius 3 is 2.08 bits per heavy atom. The first-order valence-corrected chi connectivity index (χ1v) is 9.82. The monoisotopic (exact) mass is 463 g/mol. The molecule has 0 unspecified atom stereocenters. The maximum absolute atomic E-state index is 13.3. The van der Waals surface area contributed by atoms with Crippen molar-refractivity contribution in [1.82, 2.24) is 4.98 Å². The van der Waals surface area contributed by atoms with Crippen molar-refractivity contribution in [2.75, 3.05) is 0 Å². The summed E-state index contributed by atoms with van der Waals surface area (Å²) in [5, 5.41) is 0.378. The number of nitrogens with one attached hydrogen (secondary N) is 1. The van der Waals surface area contributed by atoms with E-state index in [1.807, 2.05) is 0 Å². The molecule has 0 saturated carbocycles. The highest BCUT2D eigenvalue weighted by molar-refractivity contribution is 9.10. The predicted molar refractivity (Wildman–Crippen MR) is 95.8 cm³/mol. The van der Waals surface area contributed by atoms with Gasteiger partial charge in [0.15, 0.2) is 0 Å².